The molecule has 2 rings (SSSR count). The second-order valence-corrected chi connectivity index (χ2v) is 4.64. The zero-order valence-electron chi connectivity index (χ0n) is 9.08. The lowest BCUT2D eigenvalue weighted by Crippen LogP contribution is -2.10. The standard InChI is InChI=1S/C11H16F2N2/c1-7(2)6-15-10(11(12)13)5-9(14-15)8-3-4-8/h5,7-8,11H,3-4,6H2,1-2H3. The van der Waals surface area contributed by atoms with Gasteiger partial charge in [-0.2, -0.15) is 5.10 Å². The summed E-state index contributed by atoms with van der Waals surface area (Å²) < 4.78 is 26.9. The molecular formula is C11H16F2N2. The minimum atomic E-state index is -2.41. The number of hydrogen-bond donors (Lipinski definition) is 0. The van der Waals surface area contributed by atoms with E-state index >= 15 is 0 Å². The van der Waals surface area contributed by atoms with E-state index in [2.05, 4.69) is 5.10 Å². The van der Waals surface area contributed by atoms with Crippen LogP contribution in [0.4, 0.5) is 8.78 Å². The third kappa shape index (κ3) is 2.36. The lowest BCUT2D eigenvalue weighted by Gasteiger charge is -2.08. The van der Waals surface area contributed by atoms with Gasteiger partial charge in [0.15, 0.2) is 0 Å². The highest BCUT2D eigenvalue weighted by atomic mass is 19.3. The fourth-order valence-electron chi connectivity index (χ4n) is 1.70. The van der Waals surface area contributed by atoms with Crippen molar-refractivity contribution in [1.29, 1.82) is 0 Å². The molecule has 84 valence electrons. The van der Waals surface area contributed by atoms with E-state index in [1.165, 1.54) is 4.68 Å². The largest absolute Gasteiger partial charge is 0.280 e. The molecule has 0 aliphatic heterocycles. The minimum absolute atomic E-state index is 0.0746. The van der Waals surface area contributed by atoms with Crippen LogP contribution in [0.5, 0.6) is 0 Å². The van der Waals surface area contributed by atoms with E-state index in [0.717, 1.165) is 18.5 Å². The zero-order chi connectivity index (χ0) is 11.0. The van der Waals surface area contributed by atoms with Crippen molar-refractivity contribution in [3.05, 3.63) is 17.5 Å². The highest BCUT2D eigenvalue weighted by molar-refractivity contribution is 5.19. The van der Waals surface area contributed by atoms with Gasteiger partial charge < -0.3 is 0 Å². The molecule has 0 bridgehead atoms. The molecule has 4 heteroatoms. The molecule has 1 aliphatic rings. The minimum Gasteiger partial charge on any atom is -0.263 e. The average molecular weight is 214 g/mol. The lowest BCUT2D eigenvalue weighted by atomic mass is 10.2. The molecule has 0 amide bonds. The number of nitrogens with zero attached hydrogens (tertiary/aromatic N) is 2. The summed E-state index contributed by atoms with van der Waals surface area (Å²) in [5, 5.41) is 4.27. The van der Waals surface area contributed by atoms with E-state index in [1.807, 2.05) is 13.8 Å². The predicted octanol–water partition coefficient (Wildman–Crippen LogP) is 3.35. The molecule has 0 N–H and O–H groups in total. The van der Waals surface area contributed by atoms with Crippen molar-refractivity contribution in [2.75, 3.05) is 0 Å². The summed E-state index contributed by atoms with van der Waals surface area (Å²) in [6, 6.07) is 1.57. The molecular weight excluding hydrogens is 198 g/mol. The molecule has 0 aromatic carbocycles. The molecule has 1 fully saturated rings. The SMILES string of the molecule is CC(C)Cn1nc(C2CC2)cc1C(F)F. The van der Waals surface area contributed by atoms with E-state index in [4.69, 9.17) is 0 Å². The van der Waals surface area contributed by atoms with E-state index in [-0.39, 0.29) is 5.69 Å². The molecule has 0 spiro atoms. The molecule has 1 aromatic heterocycles. The first-order chi connectivity index (χ1) is 7.08. The monoisotopic (exact) mass is 214 g/mol. The molecule has 1 aromatic rings. The predicted molar refractivity (Wildman–Crippen MR) is 54.0 cm³/mol. The Hall–Kier alpha value is -0.930. The van der Waals surface area contributed by atoms with Gasteiger partial charge in [0.1, 0.15) is 5.69 Å². The number of hydrogen-bond acceptors (Lipinski definition) is 1. The topological polar surface area (TPSA) is 17.8 Å². The molecule has 1 saturated carbocycles. The highest BCUT2D eigenvalue weighted by Gasteiger charge is 2.28. The first-order valence-corrected chi connectivity index (χ1v) is 5.43. The van der Waals surface area contributed by atoms with Gasteiger partial charge in [0.05, 0.1) is 5.69 Å². The molecule has 2 nitrogen and oxygen atoms in total. The third-order valence-electron chi connectivity index (χ3n) is 2.59. The Bertz CT molecular complexity index is 340. The molecule has 0 unspecified atom stereocenters. The lowest BCUT2D eigenvalue weighted by molar-refractivity contribution is 0.137. The average Bonchev–Trinajstić information content (AvgIpc) is 2.88. The van der Waals surface area contributed by atoms with Gasteiger partial charge in [0.25, 0.3) is 6.43 Å². The first-order valence-electron chi connectivity index (χ1n) is 5.43. The van der Waals surface area contributed by atoms with Gasteiger partial charge in [-0.15, -0.1) is 0 Å². The van der Waals surface area contributed by atoms with Gasteiger partial charge >= 0.3 is 0 Å². The van der Waals surface area contributed by atoms with Crippen LogP contribution in [0.25, 0.3) is 0 Å². The summed E-state index contributed by atoms with van der Waals surface area (Å²) in [5.41, 5.74) is 0.927. The maximum atomic E-state index is 12.7. The fraction of sp³-hybridized carbons (Fsp3) is 0.727. The van der Waals surface area contributed by atoms with Crippen molar-refractivity contribution in [2.45, 2.75) is 45.6 Å². The summed E-state index contributed by atoms with van der Waals surface area (Å²) in [5.74, 6) is 0.783. The van der Waals surface area contributed by atoms with Gasteiger partial charge in [0, 0.05) is 12.5 Å². The van der Waals surface area contributed by atoms with Crippen LogP contribution >= 0.6 is 0 Å². The first kappa shape index (κ1) is 10.6. The number of rotatable bonds is 4. The van der Waals surface area contributed by atoms with Gasteiger partial charge in [-0.1, -0.05) is 13.8 Å². The van der Waals surface area contributed by atoms with E-state index < -0.39 is 6.43 Å². The van der Waals surface area contributed by atoms with E-state index in [0.29, 0.717) is 18.4 Å². The summed E-state index contributed by atoms with van der Waals surface area (Å²) >= 11 is 0. The molecule has 15 heavy (non-hydrogen) atoms. The van der Waals surface area contributed by atoms with Gasteiger partial charge in [-0.3, -0.25) is 4.68 Å². The Balaban J connectivity index is 2.24. The molecule has 0 radical (unpaired) electrons. The summed E-state index contributed by atoms with van der Waals surface area (Å²) in [6.07, 6.45) is -0.216. The second-order valence-electron chi connectivity index (χ2n) is 4.64. The van der Waals surface area contributed by atoms with Crippen LogP contribution in [0.2, 0.25) is 0 Å². The molecule has 0 saturated heterocycles. The molecule has 0 atom stereocenters. The van der Waals surface area contributed by atoms with Crippen molar-refractivity contribution in [2.24, 2.45) is 5.92 Å². The zero-order valence-corrected chi connectivity index (χ0v) is 9.08. The summed E-state index contributed by atoms with van der Waals surface area (Å²) in [6.45, 7) is 4.59. The van der Waals surface area contributed by atoms with Gasteiger partial charge in [-0.25, -0.2) is 8.78 Å². The van der Waals surface area contributed by atoms with Crippen molar-refractivity contribution < 1.29 is 8.78 Å². The van der Waals surface area contributed by atoms with Crippen molar-refractivity contribution in [1.82, 2.24) is 9.78 Å². The van der Waals surface area contributed by atoms with Crippen molar-refractivity contribution >= 4 is 0 Å². The van der Waals surface area contributed by atoms with Crippen LogP contribution in [-0.2, 0) is 6.54 Å². The van der Waals surface area contributed by atoms with Crippen LogP contribution in [0.15, 0.2) is 6.07 Å². The summed E-state index contributed by atoms with van der Waals surface area (Å²) in [7, 11) is 0. The van der Waals surface area contributed by atoms with Crippen LogP contribution in [0.1, 0.15) is 50.4 Å². The van der Waals surface area contributed by atoms with Crippen LogP contribution < -0.4 is 0 Å². The molecule has 1 heterocycles. The van der Waals surface area contributed by atoms with Crippen LogP contribution in [0.3, 0.4) is 0 Å². The fourth-order valence-corrected chi connectivity index (χ4v) is 1.70. The summed E-state index contributed by atoms with van der Waals surface area (Å²) in [4.78, 5) is 0. The second kappa shape index (κ2) is 3.91. The Morgan fingerprint density at radius 1 is 1.47 bits per heavy atom. The Morgan fingerprint density at radius 2 is 2.13 bits per heavy atom. The highest BCUT2D eigenvalue weighted by Crippen LogP contribution is 2.40. The normalized spacial score (nSPS) is 16.7. The molecule has 1 aliphatic carbocycles. The number of alkyl halides is 2. The van der Waals surface area contributed by atoms with Crippen molar-refractivity contribution in [3.8, 4) is 0 Å². The van der Waals surface area contributed by atoms with E-state index in [1.54, 1.807) is 6.07 Å². The van der Waals surface area contributed by atoms with Crippen LogP contribution in [0, 0.1) is 5.92 Å². The van der Waals surface area contributed by atoms with Gasteiger partial charge in [-0.05, 0) is 24.8 Å². The third-order valence-corrected chi connectivity index (χ3v) is 2.59. The Morgan fingerprint density at radius 3 is 2.60 bits per heavy atom. The van der Waals surface area contributed by atoms with Crippen molar-refractivity contribution in [3.63, 3.8) is 0 Å². The number of aromatic nitrogens is 2. The maximum absolute atomic E-state index is 12.7. The number of halogens is 2. The Labute approximate surface area is 88.3 Å². The van der Waals surface area contributed by atoms with E-state index in [9.17, 15) is 8.78 Å². The smallest absolute Gasteiger partial charge is 0.263 e. The Kier molecular flexibility index (Phi) is 2.76. The van der Waals surface area contributed by atoms with Crippen LogP contribution in [-0.4, -0.2) is 9.78 Å². The maximum Gasteiger partial charge on any atom is 0.280 e. The quantitative estimate of drug-likeness (QED) is 0.751. The van der Waals surface area contributed by atoms with Gasteiger partial charge in [0.2, 0.25) is 0 Å².